The Kier molecular flexibility index (Phi) is 5.54. The molecule has 0 aromatic heterocycles. The first-order chi connectivity index (χ1) is 18.7. The summed E-state index contributed by atoms with van der Waals surface area (Å²) in [6.45, 7) is 13.4. The first-order valence-electron chi connectivity index (χ1n) is 13.9. The van der Waals surface area contributed by atoms with Crippen molar-refractivity contribution in [3.8, 4) is 17.2 Å². The summed E-state index contributed by atoms with van der Waals surface area (Å²) in [5.41, 5.74) is -1.26. The lowest BCUT2D eigenvalue weighted by atomic mass is 9.51. The van der Waals surface area contributed by atoms with Crippen LogP contribution in [-0.4, -0.2) is 45.4 Å². The van der Waals surface area contributed by atoms with E-state index in [1.165, 1.54) is 0 Å². The number of carbonyl (C=O) groups excluding carboxylic acids is 3. The average molecular weight is 545 g/mol. The van der Waals surface area contributed by atoms with Crippen molar-refractivity contribution in [3.63, 3.8) is 0 Å². The van der Waals surface area contributed by atoms with E-state index in [9.17, 15) is 19.5 Å². The third kappa shape index (κ3) is 3.30. The highest BCUT2D eigenvalue weighted by atomic mass is 16.6. The number of phenolic OH excluding ortho intramolecular Hbond substituents is 1. The van der Waals surface area contributed by atoms with E-state index in [1.807, 2.05) is 53.7 Å². The van der Waals surface area contributed by atoms with Crippen molar-refractivity contribution in [1.29, 1.82) is 0 Å². The van der Waals surface area contributed by atoms with Gasteiger partial charge in [0.05, 0.1) is 11.2 Å². The second-order valence-electron chi connectivity index (χ2n) is 13.1. The van der Waals surface area contributed by atoms with Crippen LogP contribution in [0.4, 0.5) is 0 Å². The largest absolute Gasteiger partial charge is 0.506 e. The molecule has 7 nitrogen and oxygen atoms in total. The number of aldehydes is 1. The fourth-order valence-corrected chi connectivity index (χ4v) is 7.41. The number of allylic oxidation sites excluding steroid dienone is 4. The molecule has 2 fully saturated rings. The van der Waals surface area contributed by atoms with Crippen molar-refractivity contribution in [2.45, 2.75) is 90.1 Å². The van der Waals surface area contributed by atoms with Gasteiger partial charge in [-0.15, -0.1) is 0 Å². The van der Waals surface area contributed by atoms with Crippen LogP contribution in [0.15, 0.2) is 41.0 Å². The van der Waals surface area contributed by atoms with Crippen molar-refractivity contribution in [1.82, 2.24) is 0 Å². The Morgan fingerprint density at radius 2 is 1.80 bits per heavy atom. The maximum Gasteiger partial charge on any atom is 0.200 e. The monoisotopic (exact) mass is 544 g/mol. The number of phenols is 1. The predicted octanol–water partition coefficient (Wildman–Crippen LogP) is 5.63. The van der Waals surface area contributed by atoms with E-state index in [0.29, 0.717) is 40.9 Å². The zero-order chi connectivity index (χ0) is 29.0. The molecule has 0 radical (unpaired) electrons. The number of hydrogen-bond donors (Lipinski definition) is 1. The molecule has 4 atom stereocenters. The molecule has 3 aliphatic heterocycles. The molecule has 1 spiro atoms. The molecule has 40 heavy (non-hydrogen) atoms. The summed E-state index contributed by atoms with van der Waals surface area (Å²) in [4.78, 5) is 40.1. The molecule has 210 valence electrons. The summed E-state index contributed by atoms with van der Waals surface area (Å²) in [5, 5.41) is 11.5. The molecule has 6 aliphatic rings. The third-order valence-electron chi connectivity index (χ3n) is 9.23. The highest BCUT2D eigenvalue weighted by molar-refractivity contribution is 6.19. The van der Waals surface area contributed by atoms with Gasteiger partial charge in [-0.05, 0) is 79.0 Å². The predicted molar refractivity (Wildman–Crippen MR) is 150 cm³/mol. The van der Waals surface area contributed by atoms with E-state index in [0.717, 1.165) is 11.9 Å². The van der Waals surface area contributed by atoms with Crippen LogP contribution in [0.25, 0.3) is 6.08 Å². The normalized spacial score (nSPS) is 31.9. The molecule has 0 unspecified atom stereocenters. The van der Waals surface area contributed by atoms with Crippen molar-refractivity contribution in [2.24, 2.45) is 11.8 Å². The number of fused-ring (bicyclic) bond motifs is 2. The second-order valence-corrected chi connectivity index (χ2v) is 13.1. The van der Waals surface area contributed by atoms with E-state index in [1.54, 1.807) is 25.2 Å². The molecule has 7 heteroatoms. The molecule has 4 bridgehead atoms. The minimum atomic E-state index is -1.49. The molecule has 1 saturated carbocycles. The maximum absolute atomic E-state index is 14.5. The topological polar surface area (TPSA) is 99.1 Å². The number of benzene rings is 1. The van der Waals surface area contributed by atoms with Crippen LogP contribution in [0.2, 0.25) is 0 Å². The molecule has 1 N–H and O–H groups in total. The Balaban J connectivity index is 1.67. The molecule has 1 aromatic rings. The Morgan fingerprint density at radius 3 is 2.48 bits per heavy atom. The van der Waals surface area contributed by atoms with Gasteiger partial charge in [0.15, 0.2) is 22.8 Å². The minimum absolute atomic E-state index is 0.0905. The number of aromatic hydroxyl groups is 1. The van der Waals surface area contributed by atoms with Crippen LogP contribution in [0, 0.1) is 11.8 Å². The zero-order valence-corrected chi connectivity index (χ0v) is 24.1. The highest BCUT2D eigenvalue weighted by Crippen LogP contribution is 2.68. The molecule has 3 aliphatic carbocycles. The summed E-state index contributed by atoms with van der Waals surface area (Å²) < 4.78 is 20.2. The van der Waals surface area contributed by atoms with Crippen LogP contribution in [0.5, 0.6) is 17.2 Å². The minimum Gasteiger partial charge on any atom is -0.506 e. The maximum atomic E-state index is 14.5. The summed E-state index contributed by atoms with van der Waals surface area (Å²) in [7, 11) is 0. The Labute approximate surface area is 234 Å². The average Bonchev–Trinajstić information content (AvgIpc) is 3.03. The van der Waals surface area contributed by atoms with Gasteiger partial charge < -0.3 is 19.3 Å². The van der Waals surface area contributed by atoms with Gasteiger partial charge in [-0.1, -0.05) is 23.8 Å². The molecular weight excluding hydrogens is 508 g/mol. The quantitative estimate of drug-likeness (QED) is 0.292. The number of carbonyl (C=O) groups is 3. The molecule has 1 aromatic carbocycles. The lowest BCUT2D eigenvalue weighted by molar-refractivity contribution is -0.171. The number of ketones is 2. The van der Waals surface area contributed by atoms with Crippen LogP contribution in [0.1, 0.15) is 82.8 Å². The first-order valence-corrected chi connectivity index (χ1v) is 13.9. The number of Topliss-reactive ketones (excluding diaryl/α,β-unsaturated/α-hetero) is 2. The summed E-state index contributed by atoms with van der Waals surface area (Å²) in [6.07, 6.45) is 10.8. The Bertz CT molecular complexity index is 1510. The van der Waals surface area contributed by atoms with E-state index < -0.39 is 28.3 Å². The standard InChI is InChI=1S/C33H36O7/c1-17(2)8-9-21-27-20(11-12-30(4,5)38-27)25(35)24-26(36)22-14-19-15-23-31(6,7)40-32(29(19)37,13-10-18(3)16-34)33(22,23)39-28(21)24/h8,10-12,14,16,19,23,35H,9,13,15H2,1-7H3/b18-10-/t19-,23+,32+,33-/m1/s1. The van der Waals surface area contributed by atoms with Crippen LogP contribution < -0.4 is 9.47 Å². The molecule has 0 amide bonds. The van der Waals surface area contributed by atoms with Crippen molar-refractivity contribution in [3.05, 3.63) is 57.7 Å². The Morgan fingerprint density at radius 1 is 1.07 bits per heavy atom. The first kappa shape index (κ1) is 26.8. The van der Waals surface area contributed by atoms with Gasteiger partial charge in [0.25, 0.3) is 0 Å². The third-order valence-corrected chi connectivity index (χ3v) is 9.23. The van der Waals surface area contributed by atoms with Crippen LogP contribution >= 0.6 is 0 Å². The van der Waals surface area contributed by atoms with Crippen LogP contribution in [0.3, 0.4) is 0 Å². The van der Waals surface area contributed by atoms with Gasteiger partial charge in [0, 0.05) is 29.4 Å². The van der Waals surface area contributed by atoms with Gasteiger partial charge >= 0.3 is 0 Å². The SMILES string of the molecule is CC(C)=CCc1c2c(c(O)c3c1O[C@]14C(=C[C@@H]5C[C@H]1C(C)(C)O[C@@]4(C/C=C(/C)C=O)C5=O)C3=O)C=CC(C)(C)O2. The second kappa shape index (κ2) is 8.29. The van der Waals surface area contributed by atoms with Crippen molar-refractivity contribution >= 4 is 23.9 Å². The van der Waals surface area contributed by atoms with E-state index in [2.05, 4.69) is 0 Å². The number of rotatable bonds is 5. The van der Waals surface area contributed by atoms with Gasteiger partial charge in [0.2, 0.25) is 0 Å². The van der Waals surface area contributed by atoms with Gasteiger partial charge in [-0.25, -0.2) is 0 Å². The van der Waals surface area contributed by atoms with Gasteiger partial charge in [-0.3, -0.25) is 14.4 Å². The summed E-state index contributed by atoms with van der Waals surface area (Å²) >= 11 is 0. The van der Waals surface area contributed by atoms with Crippen molar-refractivity contribution < 1.29 is 33.7 Å². The van der Waals surface area contributed by atoms with Gasteiger partial charge in [-0.2, -0.15) is 0 Å². The smallest absolute Gasteiger partial charge is 0.200 e. The van der Waals surface area contributed by atoms with E-state index in [4.69, 9.17) is 14.2 Å². The van der Waals surface area contributed by atoms with E-state index in [-0.39, 0.29) is 41.0 Å². The molecule has 1 saturated heterocycles. The highest BCUT2D eigenvalue weighted by Gasteiger charge is 2.81. The number of hydrogen-bond acceptors (Lipinski definition) is 7. The fourth-order valence-electron chi connectivity index (χ4n) is 7.41. The lowest BCUT2D eigenvalue weighted by Gasteiger charge is -2.56. The fraction of sp³-hybridized carbons (Fsp3) is 0.485. The lowest BCUT2D eigenvalue weighted by Crippen LogP contribution is -2.72. The summed E-state index contributed by atoms with van der Waals surface area (Å²) in [5.74, 6) is -0.814. The molecule has 3 heterocycles. The zero-order valence-electron chi connectivity index (χ0n) is 24.1. The van der Waals surface area contributed by atoms with Crippen LogP contribution in [-0.2, 0) is 20.7 Å². The number of ether oxygens (including phenoxy) is 3. The van der Waals surface area contributed by atoms with E-state index >= 15 is 0 Å². The molecular formula is C33H36O7. The Hall–Kier alpha value is -3.45. The summed E-state index contributed by atoms with van der Waals surface area (Å²) in [6, 6.07) is 0. The van der Waals surface area contributed by atoms with Gasteiger partial charge in [0.1, 0.15) is 34.7 Å². The molecule has 7 rings (SSSR count). The van der Waals surface area contributed by atoms with Crippen molar-refractivity contribution in [2.75, 3.05) is 0 Å².